The van der Waals surface area contributed by atoms with Gasteiger partial charge in [-0.15, -0.1) is 0 Å². The molecule has 5 aromatic rings. The zero-order chi connectivity index (χ0) is 40.2. The maximum absolute atomic E-state index is 2.75. The van der Waals surface area contributed by atoms with E-state index in [0.717, 1.165) is 5.92 Å². The van der Waals surface area contributed by atoms with E-state index in [-0.39, 0.29) is 37.9 Å². The lowest BCUT2D eigenvalue weighted by Crippen LogP contribution is -2.69. The van der Waals surface area contributed by atoms with E-state index in [0.29, 0.717) is 0 Å². The third kappa shape index (κ3) is 6.95. The Labute approximate surface area is 359 Å². The highest BCUT2D eigenvalue weighted by molar-refractivity contribution is 5.57. The standard InChI is InChI=1S/C60H60/c1-6-16-48(17-7-1)26-31-54-36-53-37-55(39-54,32-27-49-18-8-2-9-19-49)44-59(38-53,43-54)60-45-56(33-28-50-20-10-3-11-21-50)40-57(46-60,34-29-51-22-12-4-13-23-51)42-58(41-56,47-60)35-30-52-24-14-5-15-25-52/h1-35,53H,36-47H2/b31-26+,32-27+,33-28+,34-29+,35-30+. The van der Waals surface area contributed by atoms with Gasteiger partial charge in [-0.25, -0.2) is 0 Å². The van der Waals surface area contributed by atoms with Gasteiger partial charge in [0.1, 0.15) is 0 Å². The molecule has 8 aliphatic rings. The van der Waals surface area contributed by atoms with Crippen LogP contribution in [0.15, 0.2) is 182 Å². The van der Waals surface area contributed by atoms with Crippen molar-refractivity contribution in [3.8, 4) is 0 Å². The fourth-order valence-corrected chi connectivity index (χ4v) is 15.7. The van der Waals surface area contributed by atoms with Crippen molar-refractivity contribution in [1.82, 2.24) is 0 Å². The Hall–Kier alpha value is -5.20. The van der Waals surface area contributed by atoms with E-state index in [1.807, 2.05) is 0 Å². The molecule has 0 saturated heterocycles. The molecule has 0 N–H and O–H groups in total. The lowest BCUT2D eigenvalue weighted by Gasteiger charge is -2.78. The van der Waals surface area contributed by atoms with Gasteiger partial charge in [0.2, 0.25) is 0 Å². The van der Waals surface area contributed by atoms with Crippen LogP contribution in [0.25, 0.3) is 30.4 Å². The summed E-state index contributed by atoms with van der Waals surface area (Å²) >= 11 is 0. The summed E-state index contributed by atoms with van der Waals surface area (Å²) in [4.78, 5) is 0. The Bertz CT molecular complexity index is 2220. The van der Waals surface area contributed by atoms with Crippen molar-refractivity contribution in [3.63, 3.8) is 0 Å². The molecule has 60 heavy (non-hydrogen) atoms. The molecule has 0 spiro atoms. The van der Waals surface area contributed by atoms with Crippen molar-refractivity contribution in [1.29, 1.82) is 0 Å². The number of benzene rings is 5. The first-order chi connectivity index (χ1) is 29.3. The van der Waals surface area contributed by atoms with Crippen LogP contribution in [-0.2, 0) is 0 Å². The lowest BCUT2D eigenvalue weighted by molar-refractivity contribution is -0.258. The third-order valence-corrected chi connectivity index (χ3v) is 16.6. The highest BCUT2D eigenvalue weighted by Crippen LogP contribution is 2.84. The van der Waals surface area contributed by atoms with Crippen LogP contribution in [-0.4, -0.2) is 0 Å². The molecule has 0 amide bonds. The van der Waals surface area contributed by atoms with E-state index in [4.69, 9.17) is 0 Å². The Morgan fingerprint density at radius 3 is 0.817 bits per heavy atom. The topological polar surface area (TPSA) is 0 Å². The van der Waals surface area contributed by atoms with Crippen LogP contribution < -0.4 is 0 Å². The number of allylic oxidation sites excluding steroid dienone is 5. The average Bonchev–Trinajstić information content (AvgIpc) is 3.27. The zero-order valence-corrected chi connectivity index (χ0v) is 35.3. The van der Waals surface area contributed by atoms with Gasteiger partial charge in [-0.2, -0.15) is 0 Å². The molecular weight excluding hydrogens is 721 g/mol. The van der Waals surface area contributed by atoms with Gasteiger partial charge in [-0.3, -0.25) is 0 Å². The summed E-state index contributed by atoms with van der Waals surface area (Å²) in [6, 6.07) is 55.8. The van der Waals surface area contributed by atoms with Crippen LogP contribution in [0.2, 0.25) is 0 Å². The summed E-state index contributed by atoms with van der Waals surface area (Å²) in [5, 5.41) is 0. The number of hydrogen-bond donors (Lipinski definition) is 0. The van der Waals surface area contributed by atoms with Gasteiger partial charge in [0.25, 0.3) is 0 Å². The maximum atomic E-state index is 2.75. The lowest BCUT2D eigenvalue weighted by atomic mass is 9.26. The van der Waals surface area contributed by atoms with E-state index in [1.165, 1.54) is 105 Å². The molecule has 0 radical (unpaired) electrons. The van der Waals surface area contributed by atoms with E-state index in [9.17, 15) is 0 Å². The van der Waals surface area contributed by atoms with Crippen LogP contribution in [0.5, 0.6) is 0 Å². The van der Waals surface area contributed by atoms with E-state index < -0.39 is 0 Å². The molecule has 8 fully saturated rings. The minimum Gasteiger partial charge on any atom is -0.0776 e. The molecule has 0 heterocycles. The summed E-state index contributed by atoms with van der Waals surface area (Å²) < 4.78 is 0. The highest BCUT2D eigenvalue weighted by Gasteiger charge is 2.75. The quantitative estimate of drug-likeness (QED) is 0.125. The molecule has 8 saturated carbocycles. The molecule has 300 valence electrons. The predicted octanol–water partition coefficient (Wildman–Crippen LogP) is 15.8. The van der Waals surface area contributed by atoms with Crippen molar-refractivity contribution in [2.75, 3.05) is 0 Å². The molecule has 0 nitrogen and oxygen atoms in total. The Morgan fingerprint density at radius 1 is 0.267 bits per heavy atom. The Morgan fingerprint density at radius 2 is 0.517 bits per heavy atom. The van der Waals surface area contributed by atoms with Crippen molar-refractivity contribution in [2.45, 2.75) is 77.0 Å². The van der Waals surface area contributed by atoms with Gasteiger partial charge < -0.3 is 0 Å². The van der Waals surface area contributed by atoms with Gasteiger partial charge in [-0.1, -0.05) is 212 Å². The van der Waals surface area contributed by atoms with Crippen molar-refractivity contribution >= 4 is 30.4 Å². The SMILES string of the molecule is C(=C\C12CC3CC(/C=C/c4ccccc4)(C1)CC(C14CC5(/C=C/c6ccccc6)CC(/C=C/c6ccccc6)(CC(/C=C/c6ccccc6)(C5)C1)C4)(C3)C2)/c1ccccc1. The summed E-state index contributed by atoms with van der Waals surface area (Å²) in [6.07, 6.45) is 42.0. The van der Waals surface area contributed by atoms with Crippen LogP contribution in [0.3, 0.4) is 0 Å². The van der Waals surface area contributed by atoms with Crippen LogP contribution in [0.4, 0.5) is 0 Å². The summed E-state index contributed by atoms with van der Waals surface area (Å²) in [5.74, 6) is 0.748. The maximum Gasteiger partial charge on any atom is -0.00929 e. The van der Waals surface area contributed by atoms with Crippen LogP contribution in [0, 0.1) is 43.8 Å². The molecule has 5 aromatic carbocycles. The Balaban J connectivity index is 1.09. The summed E-state index contributed by atoms with van der Waals surface area (Å²) in [7, 11) is 0. The molecule has 8 bridgehead atoms. The van der Waals surface area contributed by atoms with E-state index in [1.54, 1.807) is 0 Å². The summed E-state index contributed by atoms with van der Waals surface area (Å²) in [5.41, 5.74) is 7.92. The molecule has 13 rings (SSSR count). The first-order valence-electron chi connectivity index (χ1n) is 23.0. The van der Waals surface area contributed by atoms with Crippen molar-refractivity contribution < 1.29 is 0 Å². The normalized spacial score (nSPS) is 36.5. The van der Waals surface area contributed by atoms with Gasteiger partial charge in [0.15, 0.2) is 0 Å². The first kappa shape index (κ1) is 37.8. The van der Waals surface area contributed by atoms with Crippen molar-refractivity contribution in [2.24, 2.45) is 43.8 Å². The smallest absolute Gasteiger partial charge is 0.00929 e. The largest absolute Gasteiger partial charge is 0.0776 e. The van der Waals surface area contributed by atoms with Gasteiger partial charge in [-0.05, 0) is 149 Å². The number of hydrogen-bond acceptors (Lipinski definition) is 0. The molecule has 8 aliphatic carbocycles. The second-order valence-corrected chi connectivity index (χ2v) is 21.2. The zero-order valence-electron chi connectivity index (χ0n) is 35.3. The number of rotatable bonds is 11. The average molecular weight is 781 g/mol. The first-order valence-corrected chi connectivity index (χ1v) is 23.0. The second-order valence-electron chi connectivity index (χ2n) is 21.2. The minimum atomic E-state index is 0.121. The fraction of sp³-hybridized carbons (Fsp3) is 0.333. The second kappa shape index (κ2) is 14.5. The highest BCUT2D eigenvalue weighted by atomic mass is 14.8. The van der Waals surface area contributed by atoms with E-state index >= 15 is 0 Å². The predicted molar refractivity (Wildman–Crippen MR) is 253 cm³/mol. The third-order valence-electron chi connectivity index (χ3n) is 16.6. The molecule has 0 aliphatic heterocycles. The van der Waals surface area contributed by atoms with Crippen LogP contribution >= 0.6 is 0 Å². The van der Waals surface area contributed by atoms with Crippen molar-refractivity contribution in [3.05, 3.63) is 210 Å². The minimum absolute atomic E-state index is 0.121. The van der Waals surface area contributed by atoms with Gasteiger partial charge in [0, 0.05) is 0 Å². The molecule has 2 atom stereocenters. The van der Waals surface area contributed by atoms with E-state index in [2.05, 4.69) is 212 Å². The molecular formula is C60H60. The Kier molecular flexibility index (Phi) is 9.11. The molecule has 0 aromatic heterocycles. The molecule has 0 heteroatoms. The van der Waals surface area contributed by atoms with Gasteiger partial charge in [0.05, 0.1) is 0 Å². The van der Waals surface area contributed by atoms with Gasteiger partial charge >= 0.3 is 0 Å². The fourth-order valence-electron chi connectivity index (χ4n) is 15.7. The van der Waals surface area contributed by atoms with Crippen LogP contribution in [0.1, 0.15) is 105 Å². The summed E-state index contributed by atoms with van der Waals surface area (Å²) in [6.45, 7) is 0. The monoisotopic (exact) mass is 780 g/mol. The molecule has 2 unspecified atom stereocenters.